The van der Waals surface area contributed by atoms with Crippen LogP contribution in [-0.2, 0) is 16.1 Å². The molecular weight excluding hydrogens is 344 g/mol. The minimum atomic E-state index is -1.45. The molecule has 2 aliphatic heterocycles. The first-order valence-electron chi connectivity index (χ1n) is 6.82. The van der Waals surface area contributed by atoms with Gasteiger partial charge in [0.25, 0.3) is 0 Å². The zero-order valence-corrected chi connectivity index (χ0v) is 13.5. The van der Waals surface area contributed by atoms with Gasteiger partial charge in [-0.15, -0.1) is 11.8 Å². The number of aliphatic hydroxyl groups is 1. The monoisotopic (exact) mass is 358 g/mol. The number of amides is 1. The summed E-state index contributed by atoms with van der Waals surface area (Å²) in [7, 11) is 0. The molecule has 0 unspecified atom stereocenters. The number of aryl methyl sites for hydroxylation is 1. The number of carbonyl (C=O) groups is 2. The Kier molecular flexibility index (Phi) is 4.78. The fraction of sp³-hybridized carbons (Fsp3) is 0.500. The Balaban J connectivity index is 1.67. The van der Waals surface area contributed by atoms with Crippen LogP contribution >= 0.6 is 23.5 Å². The van der Waals surface area contributed by atoms with Crippen molar-refractivity contribution in [2.75, 3.05) is 12.4 Å². The molecule has 0 bridgehead atoms. The Hall–Kier alpha value is -1.72. The highest BCUT2D eigenvalue weighted by Crippen LogP contribution is 2.53. The molecule has 1 aromatic rings. The summed E-state index contributed by atoms with van der Waals surface area (Å²) in [5.41, 5.74) is 0. The number of β-lactam (4-membered cyclic amide) rings is 1. The number of rotatable bonds is 7. The second-order valence-corrected chi connectivity index (χ2v) is 7.29. The highest BCUT2D eigenvalue weighted by Gasteiger charge is 2.55. The van der Waals surface area contributed by atoms with Crippen molar-refractivity contribution in [2.45, 2.75) is 18.3 Å². The molecule has 0 radical (unpaired) electrons. The minimum absolute atomic E-state index is 0.0782. The summed E-state index contributed by atoms with van der Waals surface area (Å²) in [5.74, 6) is 0.207. The van der Waals surface area contributed by atoms with Crippen LogP contribution in [0.5, 0.6) is 0 Å². The van der Waals surface area contributed by atoms with E-state index in [1.165, 1.54) is 34.8 Å². The Morgan fingerprint density at radius 2 is 2.35 bits per heavy atom. The standard InChI is InChI=1S/C12H14N4O5S2/c17-3-1-7-8(18)16-9(21-12(19)20)11(23-10(7)16)22-4-2-15-6-13-5-14-15/h5-7,10,17H,1-4H2,(H,19,20)/t7-,10+/m0/s1. The van der Waals surface area contributed by atoms with Crippen molar-refractivity contribution in [1.82, 2.24) is 19.7 Å². The van der Waals surface area contributed by atoms with E-state index in [2.05, 4.69) is 10.1 Å². The van der Waals surface area contributed by atoms with Gasteiger partial charge < -0.3 is 14.9 Å². The van der Waals surface area contributed by atoms with E-state index < -0.39 is 6.16 Å². The third-order valence-electron chi connectivity index (χ3n) is 3.42. The summed E-state index contributed by atoms with van der Waals surface area (Å²) in [4.78, 5) is 28.2. The zero-order chi connectivity index (χ0) is 16.4. The lowest BCUT2D eigenvalue weighted by Crippen LogP contribution is -2.56. The maximum absolute atomic E-state index is 12.1. The summed E-state index contributed by atoms with van der Waals surface area (Å²) in [6, 6.07) is 0. The quantitative estimate of drug-likeness (QED) is 0.537. The molecule has 2 atom stereocenters. The van der Waals surface area contributed by atoms with Crippen LogP contribution < -0.4 is 0 Å². The zero-order valence-electron chi connectivity index (χ0n) is 11.9. The van der Waals surface area contributed by atoms with Crippen LogP contribution in [0.25, 0.3) is 0 Å². The van der Waals surface area contributed by atoms with Crippen molar-refractivity contribution in [2.24, 2.45) is 5.92 Å². The fourth-order valence-corrected chi connectivity index (χ4v) is 5.11. The summed E-state index contributed by atoms with van der Waals surface area (Å²) in [6.45, 7) is 0.527. The number of hydrogen-bond donors (Lipinski definition) is 2. The number of hydrogen-bond acceptors (Lipinski definition) is 8. The molecule has 1 amide bonds. The number of carboxylic acid groups (broad SMARTS) is 1. The predicted molar refractivity (Wildman–Crippen MR) is 82.0 cm³/mol. The molecule has 3 heterocycles. The van der Waals surface area contributed by atoms with Gasteiger partial charge in [0.1, 0.15) is 22.3 Å². The van der Waals surface area contributed by atoms with Crippen molar-refractivity contribution in [3.63, 3.8) is 0 Å². The highest BCUT2D eigenvalue weighted by atomic mass is 32.2. The van der Waals surface area contributed by atoms with Gasteiger partial charge >= 0.3 is 6.16 Å². The summed E-state index contributed by atoms with van der Waals surface area (Å²) >= 11 is 2.81. The van der Waals surface area contributed by atoms with Gasteiger partial charge in [-0.1, -0.05) is 11.8 Å². The molecule has 3 rings (SSSR count). The van der Waals surface area contributed by atoms with E-state index in [0.29, 0.717) is 23.0 Å². The van der Waals surface area contributed by atoms with Crippen LogP contribution in [0.1, 0.15) is 6.42 Å². The van der Waals surface area contributed by atoms with E-state index in [1.807, 2.05) is 0 Å². The molecule has 124 valence electrons. The third kappa shape index (κ3) is 3.16. The van der Waals surface area contributed by atoms with Crippen molar-refractivity contribution < 1.29 is 24.5 Å². The third-order valence-corrected chi connectivity index (χ3v) is 6.05. The number of fused-ring (bicyclic) bond motifs is 1. The van der Waals surface area contributed by atoms with Crippen LogP contribution in [0.15, 0.2) is 22.8 Å². The molecule has 1 fully saturated rings. The lowest BCUT2D eigenvalue weighted by Gasteiger charge is -2.41. The molecule has 2 aliphatic rings. The van der Waals surface area contributed by atoms with Gasteiger partial charge in [-0.3, -0.25) is 14.4 Å². The van der Waals surface area contributed by atoms with Gasteiger partial charge in [0.15, 0.2) is 0 Å². The summed E-state index contributed by atoms with van der Waals surface area (Å²) in [5, 5.41) is 21.7. The first-order valence-corrected chi connectivity index (χ1v) is 8.69. The normalized spacial score (nSPS) is 23.0. The van der Waals surface area contributed by atoms with Crippen LogP contribution in [0.4, 0.5) is 4.79 Å². The van der Waals surface area contributed by atoms with Crippen molar-refractivity contribution in [3.8, 4) is 0 Å². The SMILES string of the molecule is O=C(O)OC1=C(SCCn2cncn2)S[C@@H]2[C@@H](CCO)C(=O)N12. The Bertz CT molecular complexity index is 635. The maximum Gasteiger partial charge on any atom is 0.512 e. The molecule has 9 nitrogen and oxygen atoms in total. The molecular formula is C12H14N4O5S2. The smallest absolute Gasteiger partial charge is 0.449 e. The summed E-state index contributed by atoms with van der Waals surface area (Å²) in [6.07, 6.45) is 1.95. The lowest BCUT2D eigenvalue weighted by atomic mass is 9.95. The number of carbonyl (C=O) groups excluding carboxylic acids is 1. The van der Waals surface area contributed by atoms with Gasteiger partial charge in [0.2, 0.25) is 11.8 Å². The molecule has 1 saturated heterocycles. The average Bonchev–Trinajstić information content (AvgIpc) is 3.12. The average molecular weight is 358 g/mol. The molecule has 0 aromatic carbocycles. The predicted octanol–water partition coefficient (Wildman–Crippen LogP) is 0.746. The summed E-state index contributed by atoms with van der Waals surface area (Å²) < 4.78 is 7.13. The van der Waals surface area contributed by atoms with E-state index in [1.54, 1.807) is 11.0 Å². The highest BCUT2D eigenvalue weighted by molar-refractivity contribution is 8.22. The Morgan fingerprint density at radius 3 is 3.00 bits per heavy atom. The molecule has 23 heavy (non-hydrogen) atoms. The van der Waals surface area contributed by atoms with E-state index in [9.17, 15) is 9.59 Å². The van der Waals surface area contributed by atoms with Gasteiger partial charge in [-0.25, -0.2) is 9.78 Å². The number of ether oxygens (including phenoxy) is 1. The molecule has 0 spiro atoms. The minimum Gasteiger partial charge on any atom is -0.449 e. The van der Waals surface area contributed by atoms with Crippen molar-refractivity contribution in [3.05, 3.63) is 22.8 Å². The van der Waals surface area contributed by atoms with E-state index in [-0.39, 0.29) is 29.7 Å². The van der Waals surface area contributed by atoms with Gasteiger partial charge in [-0.2, -0.15) is 5.10 Å². The Morgan fingerprint density at radius 1 is 1.52 bits per heavy atom. The van der Waals surface area contributed by atoms with Crippen LogP contribution in [-0.4, -0.2) is 59.7 Å². The van der Waals surface area contributed by atoms with E-state index in [4.69, 9.17) is 14.9 Å². The molecule has 2 N–H and O–H groups in total. The van der Waals surface area contributed by atoms with Gasteiger partial charge in [-0.05, 0) is 6.42 Å². The Labute approximate surface area is 139 Å². The number of thioether (sulfide) groups is 2. The second kappa shape index (κ2) is 6.81. The maximum atomic E-state index is 12.1. The number of aromatic nitrogens is 3. The number of aliphatic hydroxyl groups excluding tert-OH is 1. The second-order valence-electron chi connectivity index (χ2n) is 4.80. The largest absolute Gasteiger partial charge is 0.512 e. The first kappa shape index (κ1) is 16.1. The molecule has 0 saturated carbocycles. The molecule has 0 aliphatic carbocycles. The van der Waals surface area contributed by atoms with Gasteiger partial charge in [0.05, 0.1) is 12.5 Å². The van der Waals surface area contributed by atoms with Crippen LogP contribution in [0.3, 0.4) is 0 Å². The van der Waals surface area contributed by atoms with Crippen LogP contribution in [0.2, 0.25) is 0 Å². The lowest BCUT2D eigenvalue weighted by molar-refractivity contribution is -0.150. The number of nitrogens with zero attached hydrogens (tertiary/aromatic N) is 4. The topological polar surface area (TPSA) is 118 Å². The van der Waals surface area contributed by atoms with Crippen molar-refractivity contribution >= 4 is 35.6 Å². The van der Waals surface area contributed by atoms with Crippen LogP contribution in [0, 0.1) is 5.92 Å². The molecule has 1 aromatic heterocycles. The van der Waals surface area contributed by atoms with E-state index >= 15 is 0 Å². The van der Waals surface area contributed by atoms with Crippen molar-refractivity contribution in [1.29, 1.82) is 0 Å². The van der Waals surface area contributed by atoms with Gasteiger partial charge in [0, 0.05) is 12.4 Å². The van der Waals surface area contributed by atoms with E-state index in [0.717, 1.165) is 0 Å². The molecule has 11 heteroatoms. The first-order chi connectivity index (χ1) is 11.1. The fourth-order valence-electron chi connectivity index (χ4n) is 2.39.